The number of allylic oxidation sites excluding steroid dienone is 3. The quantitative estimate of drug-likeness (QED) is 0.129. The highest BCUT2D eigenvalue weighted by Gasteiger charge is 2.39. The van der Waals surface area contributed by atoms with Crippen LogP contribution in [-0.2, 0) is 18.4 Å². The third kappa shape index (κ3) is 12.2. The Morgan fingerprint density at radius 3 is 2.03 bits per heavy atom. The highest BCUT2D eigenvalue weighted by Crippen LogP contribution is 2.38. The number of rotatable bonds is 11. The van der Waals surface area contributed by atoms with Crippen LogP contribution in [0.5, 0.6) is 0 Å². The molecule has 4 nitrogen and oxygen atoms in total. The Labute approximate surface area is 212 Å². The van der Waals surface area contributed by atoms with Gasteiger partial charge < -0.3 is 13.6 Å². The lowest BCUT2D eigenvalue weighted by Crippen LogP contribution is -2.43. The monoisotopic (exact) mass is 504 g/mol. The van der Waals surface area contributed by atoms with E-state index < -0.39 is 16.6 Å². The van der Waals surface area contributed by atoms with Crippen LogP contribution >= 0.6 is 0 Å². The predicted octanol–water partition coefficient (Wildman–Crippen LogP) is 7.25. The second-order valence-corrected chi connectivity index (χ2v) is 21.2. The normalized spacial score (nSPS) is 15.0. The zero-order chi connectivity index (χ0) is 26.6. The molecule has 0 N–H and O–H groups in total. The number of hydrogen-bond acceptors (Lipinski definition) is 4. The number of ether oxygens (including phenoxy) is 1. The van der Waals surface area contributed by atoms with E-state index in [-0.39, 0.29) is 28.3 Å². The van der Waals surface area contributed by atoms with Crippen molar-refractivity contribution in [1.82, 2.24) is 0 Å². The largest absolute Gasteiger partial charge is 0.469 e. The van der Waals surface area contributed by atoms with Gasteiger partial charge in [-0.2, -0.15) is 0 Å². The molecule has 0 bridgehead atoms. The van der Waals surface area contributed by atoms with Gasteiger partial charge in [-0.05, 0) is 55.2 Å². The highest BCUT2D eigenvalue weighted by atomic mass is 28.4. The minimum atomic E-state index is -1.98. The lowest BCUT2D eigenvalue weighted by Gasteiger charge is -2.38. The van der Waals surface area contributed by atoms with Gasteiger partial charge in [0.25, 0.3) is 0 Å². The maximum atomic E-state index is 11.5. The topological polar surface area (TPSA) is 44.8 Å². The van der Waals surface area contributed by atoms with Gasteiger partial charge in [0.15, 0.2) is 16.6 Å². The summed E-state index contributed by atoms with van der Waals surface area (Å²) in [5.41, 5.74) is 0. The molecule has 0 fully saturated rings. The molecule has 0 aliphatic heterocycles. The van der Waals surface area contributed by atoms with Crippen molar-refractivity contribution in [2.75, 3.05) is 7.11 Å². The van der Waals surface area contributed by atoms with Crippen LogP contribution in [0.4, 0.5) is 0 Å². The van der Waals surface area contributed by atoms with Crippen molar-refractivity contribution >= 4 is 22.6 Å². The fourth-order valence-electron chi connectivity index (χ4n) is 2.48. The Hall–Kier alpha value is -1.58. The molecule has 0 aromatic carbocycles. The van der Waals surface area contributed by atoms with Gasteiger partial charge in [0.1, 0.15) is 6.10 Å². The summed E-state index contributed by atoms with van der Waals surface area (Å²) >= 11 is 0. The van der Waals surface area contributed by atoms with Crippen molar-refractivity contribution in [3.05, 3.63) is 24.3 Å². The maximum Gasteiger partial charge on any atom is 0.305 e. The minimum Gasteiger partial charge on any atom is -0.469 e. The molecule has 0 aromatic rings. The van der Waals surface area contributed by atoms with E-state index in [0.29, 0.717) is 25.7 Å². The van der Waals surface area contributed by atoms with E-state index in [1.54, 1.807) is 0 Å². The first-order valence-corrected chi connectivity index (χ1v) is 18.0. The SMILES string of the molecule is C#CC[C@H](C=CC=CC#CC(CCCC(=O)OC)O[Si](C)(C)C(C)(C)C)O[Si](C)(C)C(C)(C)C. The van der Waals surface area contributed by atoms with Crippen molar-refractivity contribution in [1.29, 1.82) is 0 Å². The summed E-state index contributed by atoms with van der Waals surface area (Å²) in [5, 5.41) is 0.214. The van der Waals surface area contributed by atoms with Crippen LogP contribution in [0, 0.1) is 24.2 Å². The molecule has 0 aromatic heterocycles. The summed E-state index contributed by atoms with van der Waals surface area (Å²) in [6.45, 7) is 22.2. The first kappa shape index (κ1) is 32.4. The third-order valence-electron chi connectivity index (χ3n) is 6.75. The highest BCUT2D eigenvalue weighted by molar-refractivity contribution is 6.74. The maximum absolute atomic E-state index is 11.5. The molecule has 0 saturated heterocycles. The summed E-state index contributed by atoms with van der Waals surface area (Å²) < 4.78 is 17.7. The fraction of sp³-hybridized carbons (Fsp3) is 0.679. The molecule has 192 valence electrons. The molecule has 0 aliphatic rings. The summed E-state index contributed by atoms with van der Waals surface area (Å²) in [4.78, 5) is 11.5. The van der Waals surface area contributed by atoms with Crippen molar-refractivity contribution in [3.63, 3.8) is 0 Å². The smallest absolute Gasteiger partial charge is 0.305 e. The first-order chi connectivity index (χ1) is 15.5. The number of hydrogen-bond donors (Lipinski definition) is 0. The predicted molar refractivity (Wildman–Crippen MR) is 150 cm³/mol. The third-order valence-corrected chi connectivity index (χ3v) is 15.7. The van der Waals surface area contributed by atoms with E-state index >= 15 is 0 Å². The fourth-order valence-corrected chi connectivity index (χ4v) is 4.99. The van der Waals surface area contributed by atoms with Crippen LogP contribution in [-0.4, -0.2) is 41.9 Å². The van der Waals surface area contributed by atoms with E-state index in [1.165, 1.54) is 7.11 Å². The van der Waals surface area contributed by atoms with Gasteiger partial charge in [-0.15, -0.1) is 12.3 Å². The van der Waals surface area contributed by atoms with Gasteiger partial charge in [0.05, 0.1) is 13.2 Å². The van der Waals surface area contributed by atoms with Crippen LogP contribution in [0.15, 0.2) is 24.3 Å². The van der Waals surface area contributed by atoms with E-state index in [1.807, 2.05) is 24.3 Å². The van der Waals surface area contributed by atoms with Crippen LogP contribution in [0.1, 0.15) is 67.2 Å². The Kier molecular flexibility index (Phi) is 13.4. The molecule has 1 unspecified atom stereocenters. The van der Waals surface area contributed by atoms with Gasteiger partial charge in [0.2, 0.25) is 0 Å². The molecular weight excluding hydrogens is 456 g/mol. The minimum absolute atomic E-state index is 0.0873. The van der Waals surface area contributed by atoms with E-state index in [0.717, 1.165) is 0 Å². The Morgan fingerprint density at radius 1 is 0.971 bits per heavy atom. The summed E-state index contributed by atoms with van der Waals surface area (Å²) in [7, 11) is -2.47. The first-order valence-electron chi connectivity index (χ1n) is 12.2. The number of carbonyl (C=O) groups is 1. The van der Waals surface area contributed by atoms with Gasteiger partial charge in [0, 0.05) is 12.8 Å². The Balaban J connectivity index is 5.30. The number of esters is 1. The standard InChI is InChI=1S/C28H48O4Si2/c1-13-19-24(31-33(9,10)27(2,3)4)20-16-14-15-17-21-25(22-18-23-26(29)30-8)32-34(11,12)28(5,6)7/h1,14-16,20,24-25H,18-19,22-23H2,2-12H3/t24-,25?/m1/s1. The molecular formula is C28H48O4Si2. The number of terminal acetylenes is 1. The van der Waals surface area contributed by atoms with Crippen molar-refractivity contribution in [2.45, 2.75) is 116 Å². The molecule has 0 heterocycles. The Bertz CT molecular complexity index is 793. The van der Waals surface area contributed by atoms with Crippen molar-refractivity contribution < 1.29 is 18.4 Å². The zero-order valence-corrected chi connectivity index (χ0v) is 25.5. The van der Waals surface area contributed by atoms with Crippen LogP contribution in [0.3, 0.4) is 0 Å². The number of carbonyl (C=O) groups excluding carboxylic acids is 1. The second-order valence-electron chi connectivity index (χ2n) is 11.7. The molecule has 0 saturated carbocycles. The Morgan fingerprint density at radius 2 is 1.53 bits per heavy atom. The molecule has 0 spiro atoms. The summed E-state index contributed by atoms with van der Waals surface area (Å²) in [6, 6.07) is 0. The average Bonchev–Trinajstić information content (AvgIpc) is 2.67. The molecule has 0 rings (SSSR count). The van der Waals surface area contributed by atoms with Crippen LogP contribution in [0.2, 0.25) is 36.3 Å². The lowest BCUT2D eigenvalue weighted by atomic mass is 10.1. The molecule has 2 atom stereocenters. The molecule has 34 heavy (non-hydrogen) atoms. The zero-order valence-electron chi connectivity index (χ0n) is 23.5. The van der Waals surface area contributed by atoms with Crippen molar-refractivity contribution in [3.8, 4) is 24.2 Å². The van der Waals surface area contributed by atoms with E-state index in [2.05, 4.69) is 85.5 Å². The summed E-state index contributed by atoms with van der Waals surface area (Å²) in [6.07, 6.45) is 15.2. The van der Waals surface area contributed by atoms with Gasteiger partial charge in [-0.25, -0.2) is 0 Å². The van der Waals surface area contributed by atoms with Crippen LogP contribution in [0.25, 0.3) is 0 Å². The van der Waals surface area contributed by atoms with Gasteiger partial charge in [-0.3, -0.25) is 4.79 Å². The molecule has 0 aliphatic carbocycles. The van der Waals surface area contributed by atoms with Gasteiger partial charge >= 0.3 is 5.97 Å². The van der Waals surface area contributed by atoms with E-state index in [9.17, 15) is 4.79 Å². The molecule has 0 radical (unpaired) electrons. The van der Waals surface area contributed by atoms with E-state index in [4.69, 9.17) is 20.0 Å². The number of methoxy groups -OCH3 is 1. The van der Waals surface area contributed by atoms with Crippen LogP contribution < -0.4 is 0 Å². The molecule has 6 heteroatoms. The van der Waals surface area contributed by atoms with Gasteiger partial charge in [-0.1, -0.05) is 71.6 Å². The second kappa shape index (κ2) is 14.1. The average molecular weight is 505 g/mol. The summed E-state index contributed by atoms with van der Waals surface area (Å²) in [5.74, 6) is 8.88. The molecule has 0 amide bonds. The van der Waals surface area contributed by atoms with Crippen molar-refractivity contribution in [2.24, 2.45) is 0 Å². The lowest BCUT2D eigenvalue weighted by molar-refractivity contribution is -0.140.